The molecule has 1 aliphatic rings. The van der Waals surface area contributed by atoms with Gasteiger partial charge in [0.25, 0.3) is 5.69 Å². The summed E-state index contributed by atoms with van der Waals surface area (Å²) in [6, 6.07) is 3.19. The first-order chi connectivity index (χ1) is 9.04. The van der Waals surface area contributed by atoms with Crippen LogP contribution in [-0.2, 0) is 0 Å². The molecule has 6 nitrogen and oxygen atoms in total. The van der Waals surface area contributed by atoms with Gasteiger partial charge in [-0.1, -0.05) is 0 Å². The van der Waals surface area contributed by atoms with E-state index in [1.165, 1.54) is 18.7 Å². The zero-order valence-electron chi connectivity index (χ0n) is 10.5. The van der Waals surface area contributed by atoms with Crippen molar-refractivity contribution in [3.05, 3.63) is 27.9 Å². The van der Waals surface area contributed by atoms with Crippen LogP contribution in [0.25, 0.3) is 0 Å². The molecule has 0 amide bonds. The van der Waals surface area contributed by atoms with Crippen molar-refractivity contribution in [1.29, 1.82) is 5.26 Å². The molecule has 1 atom stereocenters. The fourth-order valence-electron chi connectivity index (χ4n) is 2.03. The van der Waals surface area contributed by atoms with Crippen LogP contribution >= 0.6 is 11.8 Å². The van der Waals surface area contributed by atoms with Crippen LogP contribution < -0.4 is 5.32 Å². The van der Waals surface area contributed by atoms with Gasteiger partial charge in [0, 0.05) is 17.4 Å². The molecule has 1 aromatic rings. The molecule has 1 aliphatic heterocycles. The minimum absolute atomic E-state index is 0.149. The SMILES string of the molecule is CC1(CNc2ncc([N+](=O)[O-])cc2C#N)CCCS1. The second-order valence-corrected chi connectivity index (χ2v) is 6.40. The molecule has 0 aliphatic carbocycles. The van der Waals surface area contributed by atoms with Crippen LogP contribution in [0.1, 0.15) is 25.3 Å². The van der Waals surface area contributed by atoms with E-state index in [1.807, 2.05) is 17.8 Å². The number of thioether (sulfide) groups is 1. The summed E-state index contributed by atoms with van der Waals surface area (Å²) in [4.78, 5) is 14.1. The highest BCUT2D eigenvalue weighted by molar-refractivity contribution is 8.00. The lowest BCUT2D eigenvalue weighted by Crippen LogP contribution is -2.27. The first-order valence-electron chi connectivity index (χ1n) is 5.96. The van der Waals surface area contributed by atoms with Gasteiger partial charge in [0.1, 0.15) is 23.6 Å². The zero-order chi connectivity index (χ0) is 13.9. The Labute approximate surface area is 115 Å². The molecular weight excluding hydrogens is 264 g/mol. The average Bonchev–Trinajstić information content (AvgIpc) is 2.83. The summed E-state index contributed by atoms with van der Waals surface area (Å²) in [5, 5.41) is 22.8. The molecule has 0 aromatic carbocycles. The molecule has 1 aromatic heterocycles. The highest BCUT2D eigenvalue weighted by Crippen LogP contribution is 2.37. The van der Waals surface area contributed by atoms with Crippen molar-refractivity contribution in [3.8, 4) is 6.07 Å². The van der Waals surface area contributed by atoms with Crippen LogP contribution in [0.15, 0.2) is 12.3 Å². The Hall–Kier alpha value is -1.81. The number of pyridine rings is 1. The minimum Gasteiger partial charge on any atom is -0.368 e. The molecule has 1 saturated heterocycles. The maximum atomic E-state index is 10.6. The Morgan fingerprint density at radius 1 is 1.74 bits per heavy atom. The predicted molar refractivity (Wildman–Crippen MR) is 74.2 cm³/mol. The Morgan fingerprint density at radius 3 is 3.11 bits per heavy atom. The minimum atomic E-state index is -0.550. The molecule has 0 bridgehead atoms. The van der Waals surface area contributed by atoms with Crippen LogP contribution in [0.5, 0.6) is 0 Å². The normalized spacial score (nSPS) is 21.9. The average molecular weight is 278 g/mol. The van der Waals surface area contributed by atoms with Gasteiger partial charge in [-0.3, -0.25) is 10.1 Å². The lowest BCUT2D eigenvalue weighted by Gasteiger charge is -2.23. The van der Waals surface area contributed by atoms with Crippen molar-refractivity contribution in [2.75, 3.05) is 17.6 Å². The van der Waals surface area contributed by atoms with E-state index >= 15 is 0 Å². The maximum absolute atomic E-state index is 10.6. The first-order valence-corrected chi connectivity index (χ1v) is 6.95. The number of hydrogen-bond acceptors (Lipinski definition) is 6. The molecule has 2 rings (SSSR count). The maximum Gasteiger partial charge on any atom is 0.289 e. The van der Waals surface area contributed by atoms with Crippen LogP contribution in [0.2, 0.25) is 0 Å². The molecule has 2 heterocycles. The summed E-state index contributed by atoms with van der Waals surface area (Å²) in [7, 11) is 0. The fourth-order valence-corrected chi connectivity index (χ4v) is 3.27. The van der Waals surface area contributed by atoms with Gasteiger partial charge in [-0.15, -0.1) is 0 Å². The van der Waals surface area contributed by atoms with Gasteiger partial charge in [-0.25, -0.2) is 4.98 Å². The number of aromatic nitrogens is 1. The van der Waals surface area contributed by atoms with Gasteiger partial charge in [0.15, 0.2) is 0 Å². The monoisotopic (exact) mass is 278 g/mol. The zero-order valence-corrected chi connectivity index (χ0v) is 11.4. The number of nitro groups is 1. The third-order valence-electron chi connectivity index (χ3n) is 3.13. The Balaban J connectivity index is 2.12. The number of rotatable bonds is 4. The van der Waals surface area contributed by atoms with E-state index in [0.29, 0.717) is 12.4 Å². The quantitative estimate of drug-likeness (QED) is 0.672. The molecule has 0 radical (unpaired) electrons. The Kier molecular flexibility index (Phi) is 3.90. The summed E-state index contributed by atoms with van der Waals surface area (Å²) in [5.74, 6) is 1.57. The van der Waals surface area contributed by atoms with Gasteiger partial charge in [0.2, 0.25) is 0 Å². The second-order valence-electron chi connectivity index (χ2n) is 4.71. The largest absolute Gasteiger partial charge is 0.368 e. The van der Waals surface area contributed by atoms with Gasteiger partial charge in [-0.05, 0) is 25.5 Å². The van der Waals surface area contributed by atoms with Crippen molar-refractivity contribution in [3.63, 3.8) is 0 Å². The molecule has 100 valence electrons. The van der Waals surface area contributed by atoms with Gasteiger partial charge < -0.3 is 5.32 Å². The predicted octanol–water partition coefficient (Wildman–Crippen LogP) is 2.56. The van der Waals surface area contributed by atoms with E-state index in [4.69, 9.17) is 5.26 Å². The molecule has 1 fully saturated rings. The highest BCUT2D eigenvalue weighted by Gasteiger charge is 2.29. The van der Waals surface area contributed by atoms with E-state index in [1.54, 1.807) is 0 Å². The van der Waals surface area contributed by atoms with E-state index in [2.05, 4.69) is 17.2 Å². The van der Waals surface area contributed by atoms with Crippen LogP contribution in [0, 0.1) is 21.4 Å². The summed E-state index contributed by atoms with van der Waals surface area (Å²) >= 11 is 1.90. The second kappa shape index (κ2) is 5.45. The summed E-state index contributed by atoms with van der Waals surface area (Å²) in [6.07, 6.45) is 3.49. The summed E-state index contributed by atoms with van der Waals surface area (Å²) in [6.45, 7) is 2.88. The van der Waals surface area contributed by atoms with Crippen molar-refractivity contribution in [1.82, 2.24) is 4.98 Å². The molecule has 0 spiro atoms. The first kappa shape index (κ1) is 13.6. The third kappa shape index (κ3) is 3.15. The number of nitriles is 1. The van der Waals surface area contributed by atoms with Crippen LogP contribution in [-0.4, -0.2) is 27.0 Å². The molecule has 7 heteroatoms. The smallest absolute Gasteiger partial charge is 0.289 e. The molecule has 1 unspecified atom stereocenters. The standard InChI is InChI=1S/C12H14N4O2S/c1-12(3-2-4-19-12)8-15-11-9(6-13)5-10(7-14-11)16(17)18/h5,7H,2-4,8H2,1H3,(H,14,15). The lowest BCUT2D eigenvalue weighted by atomic mass is 10.1. The molecule has 1 N–H and O–H groups in total. The summed E-state index contributed by atoms with van der Waals surface area (Å²) < 4.78 is 0.149. The number of anilines is 1. The number of nitrogens with zero attached hydrogens (tertiary/aromatic N) is 3. The van der Waals surface area contributed by atoms with Crippen molar-refractivity contribution < 1.29 is 4.92 Å². The Morgan fingerprint density at radius 2 is 2.53 bits per heavy atom. The van der Waals surface area contributed by atoms with Crippen LogP contribution in [0.4, 0.5) is 11.5 Å². The van der Waals surface area contributed by atoms with E-state index in [-0.39, 0.29) is 16.0 Å². The summed E-state index contributed by atoms with van der Waals surface area (Å²) in [5.41, 5.74) is 0.0457. The van der Waals surface area contributed by atoms with E-state index in [9.17, 15) is 10.1 Å². The number of nitrogens with one attached hydrogen (secondary N) is 1. The topological polar surface area (TPSA) is 91.8 Å². The number of hydrogen-bond donors (Lipinski definition) is 1. The van der Waals surface area contributed by atoms with Gasteiger partial charge >= 0.3 is 0 Å². The van der Waals surface area contributed by atoms with Crippen LogP contribution in [0.3, 0.4) is 0 Å². The van der Waals surface area contributed by atoms with Crippen molar-refractivity contribution >= 4 is 23.3 Å². The van der Waals surface area contributed by atoms with E-state index in [0.717, 1.165) is 12.2 Å². The van der Waals surface area contributed by atoms with E-state index < -0.39 is 4.92 Å². The van der Waals surface area contributed by atoms with Gasteiger partial charge in [-0.2, -0.15) is 17.0 Å². The molecule has 19 heavy (non-hydrogen) atoms. The molecular formula is C12H14N4O2S. The van der Waals surface area contributed by atoms with Gasteiger partial charge in [0.05, 0.1) is 4.92 Å². The van der Waals surface area contributed by atoms with Crippen molar-refractivity contribution in [2.24, 2.45) is 0 Å². The fraction of sp³-hybridized carbons (Fsp3) is 0.500. The highest BCUT2D eigenvalue weighted by atomic mass is 32.2. The molecule has 0 saturated carbocycles. The van der Waals surface area contributed by atoms with Crippen molar-refractivity contribution in [2.45, 2.75) is 24.5 Å². The lowest BCUT2D eigenvalue weighted by molar-refractivity contribution is -0.385. The third-order valence-corrected chi connectivity index (χ3v) is 4.67. The Bertz CT molecular complexity index is 535.